The average Bonchev–Trinajstić information content (AvgIpc) is 2.94. The molecule has 0 bridgehead atoms. The zero-order valence-corrected chi connectivity index (χ0v) is 21.8. The zero-order valence-electron chi connectivity index (χ0n) is 21.8. The maximum Gasteiger partial charge on any atom is 0.229 e. The van der Waals surface area contributed by atoms with Gasteiger partial charge < -0.3 is 64.5 Å². The van der Waals surface area contributed by atoms with Crippen molar-refractivity contribution in [3.63, 3.8) is 0 Å². The molecule has 11 atom stereocenters. The summed E-state index contributed by atoms with van der Waals surface area (Å²) in [5, 5.41) is 81.6. The SMILES string of the molecule is C[C@@H]1O[C@@H](O[C@H]2[C@H](Oc3cc(O)c4c(c3)O[C@H](c3ccc(O)cc3)CC4=O)O[C@@H](CO)[C@@H](O)[C@H]2O)[C@H](O)[C@@H](O)[C@H]1O. The molecule has 3 heterocycles. The molecular formula is C27H32O14. The van der Waals surface area contributed by atoms with Crippen LogP contribution in [0.3, 0.4) is 0 Å². The van der Waals surface area contributed by atoms with E-state index in [1.165, 1.54) is 25.1 Å². The molecular weight excluding hydrogens is 548 g/mol. The highest BCUT2D eigenvalue weighted by atomic mass is 16.8. The standard InChI is InChI=1S/C27H32O14/c1-10-20(32)22(34)24(36)26(37-10)41-25-23(35)21(33)18(9-28)40-27(25)38-13-6-14(30)19-15(31)8-16(39-17(19)7-13)11-2-4-12(29)5-3-11/h2-7,10,16,18,20-30,32-36H,8-9H2,1H3/t10-,16-,18-,20-,21+,22-,23+,24+,25+,26-,27+/m0/s1. The van der Waals surface area contributed by atoms with Crippen molar-refractivity contribution >= 4 is 5.78 Å². The lowest BCUT2D eigenvalue weighted by Gasteiger charge is -2.45. The van der Waals surface area contributed by atoms with Gasteiger partial charge in [0.25, 0.3) is 0 Å². The van der Waals surface area contributed by atoms with Gasteiger partial charge in [0.2, 0.25) is 6.29 Å². The van der Waals surface area contributed by atoms with Gasteiger partial charge in [-0.05, 0) is 24.6 Å². The summed E-state index contributed by atoms with van der Waals surface area (Å²) in [6.07, 6.45) is -16.0. The Hall–Kier alpha value is -3.05. The van der Waals surface area contributed by atoms with E-state index in [0.29, 0.717) is 5.56 Å². The molecule has 2 saturated heterocycles. The molecule has 0 saturated carbocycles. The second kappa shape index (κ2) is 11.7. The lowest BCUT2D eigenvalue weighted by atomic mass is 9.95. The Morgan fingerprint density at radius 1 is 0.878 bits per heavy atom. The topological polar surface area (TPSA) is 225 Å². The highest BCUT2D eigenvalue weighted by molar-refractivity contribution is 6.02. The third-order valence-electron chi connectivity index (χ3n) is 7.42. The first-order valence-corrected chi connectivity index (χ1v) is 13.0. The smallest absolute Gasteiger partial charge is 0.229 e. The maximum absolute atomic E-state index is 12.9. The molecule has 3 aliphatic rings. The van der Waals surface area contributed by atoms with Crippen LogP contribution in [0.5, 0.6) is 23.0 Å². The Morgan fingerprint density at radius 3 is 2.27 bits per heavy atom. The molecule has 224 valence electrons. The molecule has 8 N–H and O–H groups in total. The summed E-state index contributed by atoms with van der Waals surface area (Å²) < 4.78 is 28.6. The molecule has 0 aliphatic carbocycles. The highest BCUT2D eigenvalue weighted by Crippen LogP contribution is 2.43. The molecule has 0 aromatic heterocycles. The van der Waals surface area contributed by atoms with E-state index in [2.05, 4.69) is 0 Å². The molecule has 41 heavy (non-hydrogen) atoms. The van der Waals surface area contributed by atoms with Crippen LogP contribution in [0.1, 0.15) is 35.4 Å². The van der Waals surface area contributed by atoms with Crippen LogP contribution >= 0.6 is 0 Å². The van der Waals surface area contributed by atoms with Gasteiger partial charge in [-0.15, -0.1) is 0 Å². The third-order valence-corrected chi connectivity index (χ3v) is 7.42. The monoisotopic (exact) mass is 580 g/mol. The molecule has 5 rings (SSSR count). The number of benzene rings is 2. The van der Waals surface area contributed by atoms with E-state index in [0.717, 1.165) is 6.07 Å². The van der Waals surface area contributed by atoms with E-state index in [4.69, 9.17) is 23.7 Å². The van der Waals surface area contributed by atoms with Crippen LogP contribution in [0, 0.1) is 0 Å². The number of carbonyl (C=O) groups is 1. The van der Waals surface area contributed by atoms with Crippen LogP contribution in [-0.4, -0.2) is 115 Å². The number of hydrogen-bond donors (Lipinski definition) is 8. The fraction of sp³-hybridized carbons (Fsp3) is 0.519. The fourth-order valence-corrected chi connectivity index (χ4v) is 5.07. The average molecular weight is 581 g/mol. The number of aliphatic hydroxyl groups excluding tert-OH is 6. The molecule has 14 heteroatoms. The number of aliphatic hydroxyl groups is 6. The minimum atomic E-state index is -1.75. The van der Waals surface area contributed by atoms with Gasteiger partial charge in [-0.2, -0.15) is 0 Å². The van der Waals surface area contributed by atoms with Crippen molar-refractivity contribution in [2.45, 2.75) is 80.9 Å². The summed E-state index contributed by atoms with van der Waals surface area (Å²) in [5.41, 5.74) is 0.529. The predicted octanol–water partition coefficient (Wildman–Crippen LogP) is -1.17. The van der Waals surface area contributed by atoms with Crippen molar-refractivity contribution in [1.29, 1.82) is 0 Å². The molecule has 2 fully saturated rings. The second-order valence-corrected chi connectivity index (χ2v) is 10.2. The number of phenols is 2. The molecule has 2 aromatic carbocycles. The number of phenolic OH excluding ortho intramolecular Hbond substituents is 2. The van der Waals surface area contributed by atoms with Gasteiger partial charge in [0.1, 0.15) is 71.3 Å². The summed E-state index contributed by atoms with van der Waals surface area (Å²) in [5.74, 6) is -0.947. The van der Waals surface area contributed by atoms with Crippen molar-refractivity contribution in [3.05, 3.63) is 47.5 Å². The fourth-order valence-electron chi connectivity index (χ4n) is 5.07. The number of hydrogen-bond acceptors (Lipinski definition) is 14. The summed E-state index contributed by atoms with van der Waals surface area (Å²) in [6.45, 7) is 0.716. The van der Waals surface area contributed by atoms with Crippen molar-refractivity contribution in [3.8, 4) is 23.0 Å². The Bertz CT molecular complexity index is 1240. The van der Waals surface area contributed by atoms with E-state index >= 15 is 0 Å². The van der Waals surface area contributed by atoms with Crippen molar-refractivity contribution < 1.29 is 69.3 Å². The van der Waals surface area contributed by atoms with Crippen molar-refractivity contribution in [1.82, 2.24) is 0 Å². The molecule has 14 nitrogen and oxygen atoms in total. The lowest BCUT2D eigenvalue weighted by molar-refractivity contribution is -0.354. The molecule has 3 aliphatic heterocycles. The number of ether oxygens (including phenoxy) is 5. The number of fused-ring (bicyclic) bond motifs is 1. The Kier molecular flexibility index (Phi) is 8.39. The van der Waals surface area contributed by atoms with E-state index in [1.807, 2.05) is 0 Å². The first kappa shape index (κ1) is 29.4. The van der Waals surface area contributed by atoms with Crippen LogP contribution in [-0.2, 0) is 14.2 Å². The molecule has 0 unspecified atom stereocenters. The van der Waals surface area contributed by atoms with Crippen LogP contribution in [0.15, 0.2) is 36.4 Å². The lowest BCUT2D eigenvalue weighted by Crippen LogP contribution is -2.64. The van der Waals surface area contributed by atoms with E-state index in [-0.39, 0.29) is 29.2 Å². The van der Waals surface area contributed by atoms with E-state index in [9.17, 15) is 45.6 Å². The summed E-state index contributed by atoms with van der Waals surface area (Å²) in [4.78, 5) is 12.9. The maximum atomic E-state index is 12.9. The van der Waals surface area contributed by atoms with Gasteiger partial charge >= 0.3 is 0 Å². The van der Waals surface area contributed by atoms with Crippen molar-refractivity contribution in [2.75, 3.05) is 6.61 Å². The minimum absolute atomic E-state index is 0.0149. The van der Waals surface area contributed by atoms with Gasteiger partial charge in [0, 0.05) is 12.1 Å². The number of ketones is 1. The quantitative estimate of drug-likeness (QED) is 0.202. The highest BCUT2D eigenvalue weighted by Gasteiger charge is 2.51. The van der Waals surface area contributed by atoms with Gasteiger partial charge in [0.05, 0.1) is 19.1 Å². The van der Waals surface area contributed by atoms with Gasteiger partial charge in [-0.1, -0.05) is 12.1 Å². The second-order valence-electron chi connectivity index (χ2n) is 10.2. The summed E-state index contributed by atoms with van der Waals surface area (Å²) in [7, 11) is 0. The van der Waals surface area contributed by atoms with Crippen LogP contribution in [0.25, 0.3) is 0 Å². The largest absolute Gasteiger partial charge is 0.508 e. The zero-order chi connectivity index (χ0) is 29.6. The first-order valence-electron chi connectivity index (χ1n) is 13.0. The van der Waals surface area contributed by atoms with Gasteiger partial charge in [-0.25, -0.2) is 0 Å². The van der Waals surface area contributed by atoms with E-state index in [1.54, 1.807) is 12.1 Å². The summed E-state index contributed by atoms with van der Waals surface area (Å²) in [6, 6.07) is 8.50. The Morgan fingerprint density at radius 2 is 1.59 bits per heavy atom. The Balaban J connectivity index is 1.41. The first-order chi connectivity index (χ1) is 19.5. The molecule has 2 aromatic rings. The molecule has 0 amide bonds. The molecule has 0 spiro atoms. The van der Waals surface area contributed by atoms with E-state index < -0.39 is 85.7 Å². The summed E-state index contributed by atoms with van der Waals surface area (Å²) >= 11 is 0. The Labute approximate surface area is 233 Å². The van der Waals surface area contributed by atoms with Crippen molar-refractivity contribution in [2.24, 2.45) is 0 Å². The van der Waals surface area contributed by atoms with Crippen LogP contribution in [0.4, 0.5) is 0 Å². The number of Topliss-reactive ketones (excluding diaryl/α,β-unsaturated/α-hetero) is 1. The molecule has 0 radical (unpaired) electrons. The minimum Gasteiger partial charge on any atom is -0.508 e. The number of aromatic hydroxyl groups is 2. The van der Waals surface area contributed by atoms with Crippen LogP contribution in [0.2, 0.25) is 0 Å². The van der Waals surface area contributed by atoms with Crippen LogP contribution < -0.4 is 9.47 Å². The normalized spacial score (nSPS) is 37.2. The third kappa shape index (κ3) is 5.70. The number of rotatable bonds is 6. The predicted molar refractivity (Wildman–Crippen MR) is 134 cm³/mol. The number of carbonyl (C=O) groups excluding carboxylic acids is 1. The van der Waals surface area contributed by atoms with Gasteiger partial charge in [0.15, 0.2) is 18.2 Å². The van der Waals surface area contributed by atoms with Gasteiger partial charge in [-0.3, -0.25) is 4.79 Å².